The highest BCUT2D eigenvalue weighted by Crippen LogP contribution is 2.25. The third-order valence-corrected chi connectivity index (χ3v) is 4.61. The van der Waals surface area contributed by atoms with Gasteiger partial charge in [0.05, 0.1) is 35.0 Å². The molecule has 26 heavy (non-hydrogen) atoms. The number of hydrogen-bond acceptors (Lipinski definition) is 6. The third kappa shape index (κ3) is 3.00. The van der Waals surface area contributed by atoms with Crippen molar-refractivity contribution in [2.24, 2.45) is 0 Å². The van der Waals surface area contributed by atoms with E-state index in [2.05, 4.69) is 25.8 Å². The Bertz CT molecular complexity index is 938. The summed E-state index contributed by atoms with van der Waals surface area (Å²) in [6.07, 6.45) is 1.54. The maximum Gasteiger partial charge on any atom is 0.252 e. The molecule has 0 radical (unpaired) electrons. The fourth-order valence-corrected chi connectivity index (χ4v) is 3.19. The fourth-order valence-electron chi connectivity index (χ4n) is 3.19. The van der Waals surface area contributed by atoms with Gasteiger partial charge in [0, 0.05) is 25.8 Å². The summed E-state index contributed by atoms with van der Waals surface area (Å²) in [5, 5.41) is 23.2. The summed E-state index contributed by atoms with van der Waals surface area (Å²) >= 11 is 0. The summed E-state index contributed by atoms with van der Waals surface area (Å²) in [4.78, 5) is 17.4. The highest BCUT2D eigenvalue weighted by atomic mass is 16.5. The van der Waals surface area contributed by atoms with Crippen molar-refractivity contribution >= 4 is 16.9 Å². The molecular formula is C18H19N5O3. The van der Waals surface area contributed by atoms with Crippen molar-refractivity contribution in [1.82, 2.24) is 25.8 Å². The quantitative estimate of drug-likeness (QED) is 0.558. The first kappa shape index (κ1) is 16.5. The van der Waals surface area contributed by atoms with Gasteiger partial charge in [0.15, 0.2) is 5.65 Å². The highest BCUT2D eigenvalue weighted by Gasteiger charge is 2.29. The average molecular weight is 353 g/mol. The van der Waals surface area contributed by atoms with E-state index >= 15 is 0 Å². The van der Waals surface area contributed by atoms with Crippen LogP contribution in [0.25, 0.3) is 22.3 Å². The van der Waals surface area contributed by atoms with Crippen LogP contribution in [0.4, 0.5) is 0 Å². The van der Waals surface area contributed by atoms with Gasteiger partial charge in [-0.2, -0.15) is 5.10 Å². The minimum Gasteiger partial charge on any atom is -0.508 e. The molecule has 8 heteroatoms. The van der Waals surface area contributed by atoms with Crippen LogP contribution in [-0.2, 0) is 4.74 Å². The van der Waals surface area contributed by atoms with E-state index in [1.165, 1.54) is 0 Å². The maximum atomic E-state index is 12.9. The van der Waals surface area contributed by atoms with Gasteiger partial charge in [-0.05, 0) is 30.3 Å². The Kier molecular flexibility index (Phi) is 4.27. The Hall–Kier alpha value is -2.97. The molecule has 0 aliphatic carbocycles. The molecule has 0 bridgehead atoms. The number of carbonyl (C=O) groups excluding carboxylic acids is 1. The summed E-state index contributed by atoms with van der Waals surface area (Å²) in [5.74, 6) is -0.0248. The number of ether oxygens (including phenoxy) is 1. The Labute approximate surface area is 149 Å². The van der Waals surface area contributed by atoms with E-state index in [4.69, 9.17) is 4.74 Å². The highest BCUT2D eigenvalue weighted by molar-refractivity contribution is 6.06. The molecule has 1 saturated heterocycles. The predicted octanol–water partition coefficient (Wildman–Crippen LogP) is 1.05. The van der Waals surface area contributed by atoms with Gasteiger partial charge in [0.1, 0.15) is 5.75 Å². The molecule has 3 heterocycles. The zero-order chi connectivity index (χ0) is 18.1. The predicted molar refractivity (Wildman–Crippen MR) is 95.9 cm³/mol. The maximum absolute atomic E-state index is 12.9. The van der Waals surface area contributed by atoms with Crippen molar-refractivity contribution in [3.8, 4) is 17.0 Å². The zero-order valence-corrected chi connectivity index (χ0v) is 14.2. The largest absolute Gasteiger partial charge is 0.508 e. The van der Waals surface area contributed by atoms with Gasteiger partial charge < -0.3 is 20.5 Å². The van der Waals surface area contributed by atoms with Crippen LogP contribution >= 0.6 is 0 Å². The number of pyridine rings is 1. The molecular weight excluding hydrogens is 334 g/mol. The smallest absolute Gasteiger partial charge is 0.252 e. The second kappa shape index (κ2) is 6.74. The number of nitrogens with one attached hydrogen (secondary N) is 3. The van der Waals surface area contributed by atoms with Crippen LogP contribution in [0.1, 0.15) is 10.4 Å². The molecule has 0 spiro atoms. The molecule has 3 aromatic rings. The number of H-pyrrole nitrogens is 1. The number of hydrogen-bond donors (Lipinski definition) is 4. The number of phenolic OH excluding ortho intramolecular Hbond substituents is 1. The summed E-state index contributed by atoms with van der Waals surface area (Å²) < 4.78 is 5.41. The van der Waals surface area contributed by atoms with Crippen LogP contribution in [0.3, 0.4) is 0 Å². The number of amides is 1. The molecule has 2 atom stereocenters. The van der Waals surface area contributed by atoms with Gasteiger partial charge in [0.2, 0.25) is 0 Å². The molecule has 1 aromatic carbocycles. The van der Waals surface area contributed by atoms with Crippen molar-refractivity contribution in [2.75, 3.05) is 20.2 Å². The first-order valence-corrected chi connectivity index (χ1v) is 8.33. The van der Waals surface area contributed by atoms with Crippen molar-refractivity contribution < 1.29 is 14.6 Å². The van der Waals surface area contributed by atoms with E-state index in [1.807, 2.05) is 0 Å². The first-order chi connectivity index (χ1) is 12.7. The van der Waals surface area contributed by atoms with Gasteiger partial charge >= 0.3 is 0 Å². The van der Waals surface area contributed by atoms with Crippen LogP contribution in [-0.4, -0.2) is 58.5 Å². The lowest BCUT2D eigenvalue weighted by molar-refractivity contribution is 0.0781. The van der Waals surface area contributed by atoms with Crippen LogP contribution in [0.5, 0.6) is 5.75 Å². The van der Waals surface area contributed by atoms with E-state index in [-0.39, 0.29) is 23.8 Å². The molecule has 0 unspecified atom stereocenters. The Morgan fingerprint density at radius 3 is 2.88 bits per heavy atom. The minimum atomic E-state index is -0.199. The Morgan fingerprint density at radius 2 is 2.12 bits per heavy atom. The van der Waals surface area contributed by atoms with E-state index in [1.54, 1.807) is 43.6 Å². The molecule has 1 fully saturated rings. The van der Waals surface area contributed by atoms with E-state index in [0.29, 0.717) is 35.4 Å². The van der Waals surface area contributed by atoms with Gasteiger partial charge in [-0.1, -0.05) is 0 Å². The molecule has 4 rings (SSSR count). The van der Waals surface area contributed by atoms with Crippen LogP contribution in [0.2, 0.25) is 0 Å². The molecule has 134 valence electrons. The minimum absolute atomic E-state index is 0.0582. The van der Waals surface area contributed by atoms with Crippen LogP contribution < -0.4 is 10.6 Å². The van der Waals surface area contributed by atoms with Crippen molar-refractivity contribution in [2.45, 2.75) is 12.1 Å². The normalized spacial score (nSPS) is 19.7. The Morgan fingerprint density at radius 1 is 1.31 bits per heavy atom. The molecule has 2 aromatic heterocycles. The lowest BCUT2D eigenvalue weighted by Gasteiger charge is -2.19. The molecule has 4 N–H and O–H groups in total. The number of phenols is 1. The summed E-state index contributed by atoms with van der Waals surface area (Å²) in [6.45, 7) is 1.37. The van der Waals surface area contributed by atoms with Crippen LogP contribution in [0.15, 0.2) is 36.5 Å². The number of aromatic hydroxyl groups is 1. The lowest BCUT2D eigenvalue weighted by Crippen LogP contribution is -2.43. The number of methoxy groups -OCH3 is 1. The van der Waals surface area contributed by atoms with Crippen molar-refractivity contribution in [3.63, 3.8) is 0 Å². The molecule has 1 aliphatic rings. The van der Waals surface area contributed by atoms with E-state index in [9.17, 15) is 9.90 Å². The number of carbonyl (C=O) groups is 1. The van der Waals surface area contributed by atoms with Crippen molar-refractivity contribution in [1.29, 1.82) is 0 Å². The van der Waals surface area contributed by atoms with Gasteiger partial charge in [-0.25, -0.2) is 4.98 Å². The average Bonchev–Trinajstić information content (AvgIpc) is 3.30. The molecule has 0 saturated carbocycles. The van der Waals surface area contributed by atoms with Gasteiger partial charge in [0.25, 0.3) is 5.91 Å². The number of rotatable bonds is 4. The van der Waals surface area contributed by atoms with Gasteiger partial charge in [-0.15, -0.1) is 0 Å². The second-order valence-electron chi connectivity index (χ2n) is 6.25. The summed E-state index contributed by atoms with van der Waals surface area (Å²) in [7, 11) is 1.64. The molecule has 1 aliphatic heterocycles. The standard InChI is InChI=1S/C18H19N5O3/c1-26-16-9-19-8-15(16)22-18(25)12-6-14(10-2-4-11(24)5-3-10)21-17-13(12)7-20-23-17/h2-7,15-16,19,24H,8-9H2,1H3,(H,22,25)(H,20,21,23)/t15-,16-/m0/s1. The van der Waals surface area contributed by atoms with Crippen LogP contribution in [0, 0.1) is 0 Å². The SMILES string of the molecule is CO[C@H]1CNC[C@@H]1NC(=O)c1cc(-c2ccc(O)cc2)nc2[nH]ncc12. The fraction of sp³-hybridized carbons (Fsp3) is 0.278. The summed E-state index contributed by atoms with van der Waals surface area (Å²) in [6, 6.07) is 8.32. The third-order valence-electron chi connectivity index (χ3n) is 4.61. The zero-order valence-electron chi connectivity index (χ0n) is 14.2. The lowest BCUT2D eigenvalue weighted by atomic mass is 10.1. The Balaban J connectivity index is 1.70. The van der Waals surface area contributed by atoms with Crippen molar-refractivity contribution in [3.05, 3.63) is 42.1 Å². The van der Waals surface area contributed by atoms with E-state index in [0.717, 1.165) is 5.56 Å². The number of aromatic nitrogens is 3. The molecule has 8 nitrogen and oxygen atoms in total. The first-order valence-electron chi connectivity index (χ1n) is 8.33. The number of benzene rings is 1. The number of aromatic amines is 1. The number of fused-ring (bicyclic) bond motifs is 1. The molecule has 1 amide bonds. The monoisotopic (exact) mass is 353 g/mol. The summed E-state index contributed by atoms with van der Waals surface area (Å²) in [5.41, 5.74) is 2.45. The topological polar surface area (TPSA) is 112 Å². The van der Waals surface area contributed by atoms with Gasteiger partial charge in [-0.3, -0.25) is 9.89 Å². The van der Waals surface area contributed by atoms with E-state index < -0.39 is 0 Å². The number of nitrogens with zero attached hydrogens (tertiary/aromatic N) is 2. The second-order valence-corrected chi connectivity index (χ2v) is 6.25.